The maximum atomic E-state index is 12.4. The van der Waals surface area contributed by atoms with E-state index in [1.165, 1.54) is 82.6 Å². The zero-order valence-corrected chi connectivity index (χ0v) is 22.6. The summed E-state index contributed by atoms with van der Waals surface area (Å²) in [6, 6.07) is 10.7. The fourth-order valence-electron chi connectivity index (χ4n) is 4.41. The lowest BCUT2D eigenvalue weighted by Gasteiger charge is -2.19. The van der Waals surface area contributed by atoms with Crippen LogP contribution in [0.2, 0.25) is 0 Å². The third-order valence-electron chi connectivity index (χ3n) is 6.72. The van der Waals surface area contributed by atoms with E-state index in [2.05, 4.69) is 38.1 Å². The van der Waals surface area contributed by atoms with Crippen molar-refractivity contribution in [2.45, 2.75) is 110 Å². The summed E-state index contributed by atoms with van der Waals surface area (Å²) in [6.45, 7) is 4.83. The Morgan fingerprint density at radius 2 is 1.31 bits per heavy atom. The fraction of sp³-hybridized carbons (Fsp3) is 0.562. The molecule has 0 atom stereocenters. The van der Waals surface area contributed by atoms with Crippen LogP contribution in [0.15, 0.2) is 60.0 Å². The van der Waals surface area contributed by atoms with Gasteiger partial charge in [0.2, 0.25) is 0 Å². The van der Waals surface area contributed by atoms with Gasteiger partial charge in [-0.25, -0.2) is 4.79 Å². The minimum atomic E-state index is -0.533. The van der Waals surface area contributed by atoms with Crippen LogP contribution in [0.3, 0.4) is 0 Å². The largest absolute Gasteiger partial charge is 0.462 e. The first-order valence-electron chi connectivity index (χ1n) is 14.2. The maximum absolute atomic E-state index is 12.4. The molecule has 36 heavy (non-hydrogen) atoms. The van der Waals surface area contributed by atoms with E-state index >= 15 is 0 Å². The number of hydrogen-bond donors (Lipinski definition) is 0. The molecule has 0 unspecified atom stereocenters. The fourth-order valence-corrected chi connectivity index (χ4v) is 4.41. The molecule has 196 valence electrons. The molecule has 1 aliphatic heterocycles. The first-order chi connectivity index (χ1) is 17.7. The number of esters is 1. The monoisotopic (exact) mass is 490 g/mol. The highest BCUT2D eigenvalue weighted by atomic mass is 16.5. The van der Waals surface area contributed by atoms with Crippen molar-refractivity contribution in [3.8, 4) is 6.07 Å². The lowest BCUT2D eigenvalue weighted by Crippen LogP contribution is -2.13. The van der Waals surface area contributed by atoms with E-state index in [1.54, 1.807) is 12.2 Å². The Labute approximate surface area is 219 Å². The van der Waals surface area contributed by atoms with Crippen LogP contribution in [-0.2, 0) is 16.0 Å². The van der Waals surface area contributed by atoms with Crippen LogP contribution in [0.1, 0.15) is 109 Å². The lowest BCUT2D eigenvalue weighted by atomic mass is 10.0. The number of aryl methyl sites for hydroxylation is 1. The van der Waals surface area contributed by atoms with E-state index < -0.39 is 5.97 Å². The molecule has 1 aromatic carbocycles. The quantitative estimate of drug-likeness (QED) is 0.0892. The Morgan fingerprint density at radius 3 is 1.86 bits per heavy atom. The molecule has 4 heteroatoms. The normalized spacial score (nSPS) is 12.6. The van der Waals surface area contributed by atoms with Crippen molar-refractivity contribution in [1.29, 1.82) is 5.26 Å². The molecule has 0 bridgehead atoms. The Morgan fingerprint density at radius 1 is 0.778 bits per heavy atom. The third kappa shape index (κ3) is 11.3. The Kier molecular flexibility index (Phi) is 15.1. The first kappa shape index (κ1) is 29.4. The zero-order chi connectivity index (χ0) is 25.8. The molecule has 0 fully saturated rings. The number of allylic oxidation sites excluding steroid dienone is 3. The second-order valence-electron chi connectivity index (χ2n) is 9.78. The number of anilines is 1. The molecule has 1 heterocycles. The molecule has 4 nitrogen and oxygen atoms in total. The molecular formula is C32H46N2O2. The standard InChI is InChI=1S/C32H46N2O2/c1-3-5-7-9-11-12-13-15-17-28-18-20-30(21-19-28)34-24-22-29(23-25-34)31(27-33)32(35)36-26-16-14-10-8-6-4-2/h18-25H,3-17,26H2,1-2H3. The average molecular weight is 491 g/mol. The molecule has 0 saturated heterocycles. The summed E-state index contributed by atoms with van der Waals surface area (Å²) in [5, 5.41) is 9.52. The highest BCUT2D eigenvalue weighted by molar-refractivity contribution is 5.95. The summed E-state index contributed by atoms with van der Waals surface area (Å²) in [5.74, 6) is -0.533. The number of ether oxygens (including phenoxy) is 1. The molecule has 0 spiro atoms. The van der Waals surface area contributed by atoms with Gasteiger partial charge >= 0.3 is 5.97 Å². The first-order valence-corrected chi connectivity index (χ1v) is 14.2. The average Bonchev–Trinajstić information content (AvgIpc) is 2.91. The van der Waals surface area contributed by atoms with Crippen LogP contribution < -0.4 is 4.90 Å². The smallest absolute Gasteiger partial charge is 0.349 e. The number of carbonyl (C=O) groups excluding carboxylic acids is 1. The molecule has 1 aliphatic rings. The van der Waals surface area contributed by atoms with Gasteiger partial charge in [0.25, 0.3) is 0 Å². The summed E-state index contributed by atoms with van der Waals surface area (Å²) in [4.78, 5) is 14.4. The summed E-state index contributed by atoms with van der Waals surface area (Å²) < 4.78 is 5.35. The van der Waals surface area contributed by atoms with E-state index in [9.17, 15) is 10.1 Å². The lowest BCUT2D eigenvalue weighted by molar-refractivity contribution is -0.138. The van der Waals surface area contributed by atoms with Gasteiger partial charge < -0.3 is 9.64 Å². The summed E-state index contributed by atoms with van der Waals surface area (Å²) in [6.07, 6.45) is 26.0. The molecule has 1 aromatic rings. The minimum Gasteiger partial charge on any atom is -0.462 e. The molecule has 0 radical (unpaired) electrons. The number of nitrogens with zero attached hydrogens (tertiary/aromatic N) is 2. The second kappa shape index (κ2) is 18.5. The molecule has 0 aromatic heterocycles. The van der Waals surface area contributed by atoms with Gasteiger partial charge in [-0.05, 0) is 49.1 Å². The Balaban J connectivity index is 1.75. The molecule has 0 aliphatic carbocycles. The second-order valence-corrected chi connectivity index (χ2v) is 9.78. The van der Waals surface area contributed by atoms with Gasteiger partial charge in [0.05, 0.1) is 6.61 Å². The summed E-state index contributed by atoms with van der Waals surface area (Å²) in [5.41, 5.74) is 3.09. The number of carbonyl (C=O) groups is 1. The van der Waals surface area contributed by atoms with Gasteiger partial charge in [-0.15, -0.1) is 0 Å². The van der Waals surface area contributed by atoms with Crippen molar-refractivity contribution in [2.24, 2.45) is 0 Å². The van der Waals surface area contributed by atoms with E-state index in [4.69, 9.17) is 4.74 Å². The molecular weight excluding hydrogens is 444 g/mol. The van der Waals surface area contributed by atoms with Gasteiger partial charge in [0.1, 0.15) is 11.6 Å². The number of benzene rings is 1. The SMILES string of the molecule is CCCCCCCCCCc1ccc(N2C=CC(=C(C#N)C(=O)OCCCCCCCC)C=C2)cc1. The number of hydrogen-bond acceptors (Lipinski definition) is 4. The van der Waals surface area contributed by atoms with Crippen LogP contribution in [0.25, 0.3) is 0 Å². The molecule has 0 saturated carbocycles. The van der Waals surface area contributed by atoms with E-state index in [1.807, 2.05) is 23.4 Å². The molecule has 0 N–H and O–H groups in total. The van der Waals surface area contributed by atoms with E-state index in [0.717, 1.165) is 24.9 Å². The topological polar surface area (TPSA) is 53.3 Å². The Bertz CT molecular complexity index is 874. The summed E-state index contributed by atoms with van der Waals surface area (Å²) >= 11 is 0. The highest BCUT2D eigenvalue weighted by Crippen LogP contribution is 2.23. The number of rotatable bonds is 18. The maximum Gasteiger partial charge on any atom is 0.349 e. The van der Waals surface area contributed by atoms with E-state index in [0.29, 0.717) is 12.2 Å². The highest BCUT2D eigenvalue weighted by Gasteiger charge is 2.16. The van der Waals surface area contributed by atoms with Gasteiger partial charge in [-0.3, -0.25) is 0 Å². The molecule has 0 amide bonds. The van der Waals surface area contributed by atoms with E-state index in [-0.39, 0.29) is 5.57 Å². The van der Waals surface area contributed by atoms with Gasteiger partial charge in [0, 0.05) is 23.7 Å². The van der Waals surface area contributed by atoms with Crippen molar-refractivity contribution in [2.75, 3.05) is 11.5 Å². The van der Waals surface area contributed by atoms with Crippen molar-refractivity contribution in [3.63, 3.8) is 0 Å². The predicted octanol–water partition coefficient (Wildman–Crippen LogP) is 8.94. The number of unbranched alkanes of at least 4 members (excludes halogenated alkanes) is 12. The van der Waals surface area contributed by atoms with Crippen LogP contribution in [0.5, 0.6) is 0 Å². The van der Waals surface area contributed by atoms with Gasteiger partial charge in [0.15, 0.2) is 0 Å². The van der Waals surface area contributed by atoms with Crippen LogP contribution in [0, 0.1) is 11.3 Å². The zero-order valence-electron chi connectivity index (χ0n) is 22.6. The van der Waals surface area contributed by atoms with Crippen molar-refractivity contribution < 1.29 is 9.53 Å². The van der Waals surface area contributed by atoms with Crippen molar-refractivity contribution in [1.82, 2.24) is 0 Å². The van der Waals surface area contributed by atoms with Crippen molar-refractivity contribution in [3.05, 3.63) is 65.5 Å². The Hall–Kier alpha value is -2.80. The van der Waals surface area contributed by atoms with Crippen LogP contribution >= 0.6 is 0 Å². The van der Waals surface area contributed by atoms with Crippen molar-refractivity contribution >= 4 is 11.7 Å². The predicted molar refractivity (Wildman–Crippen MR) is 150 cm³/mol. The van der Waals surface area contributed by atoms with Crippen LogP contribution in [0.4, 0.5) is 5.69 Å². The third-order valence-corrected chi connectivity index (χ3v) is 6.72. The minimum absolute atomic E-state index is 0.0637. The van der Waals surface area contributed by atoms with Gasteiger partial charge in [-0.2, -0.15) is 5.26 Å². The molecule has 2 rings (SSSR count). The summed E-state index contributed by atoms with van der Waals surface area (Å²) in [7, 11) is 0. The number of nitriles is 1. The van der Waals surface area contributed by atoms with Gasteiger partial charge in [-0.1, -0.05) is 103 Å². The van der Waals surface area contributed by atoms with Crippen LogP contribution in [-0.4, -0.2) is 12.6 Å².